The second-order valence-corrected chi connectivity index (χ2v) is 14.5. The second-order valence-electron chi connectivity index (χ2n) is 13.5. The molecule has 2 aromatic carbocycles. The number of carbonyl (C=O) groups excluding carboxylic acids is 4. The number of fused-ring (bicyclic) bond motifs is 4. The van der Waals surface area contributed by atoms with E-state index in [0.29, 0.717) is 38.2 Å². The van der Waals surface area contributed by atoms with Gasteiger partial charge in [0.25, 0.3) is 5.91 Å². The zero-order valence-electron chi connectivity index (χ0n) is 30.1. The van der Waals surface area contributed by atoms with Gasteiger partial charge >= 0.3 is 5.97 Å². The average molecular weight is 756 g/mol. The number of benzene rings is 2. The molecule has 0 saturated carbocycles. The standard InChI is InChI=1S/C41H37N7O6S/c1-26-44-45-36-25-53-24-33-31(20-27-8-3-2-4-9-27)35(55-41(33)48(26)36)16-14-28-21-42-46(22-28)18-7-19-54-38(50)13-6-11-29-10-5-12-30-32(29)23-47(40(30)52)34-15-17-37(49)43-39(34)51/h2-6,8-12,21-22,34H,7,13,15,17-20,23-25H2,1H3,(H,43,49,51)/b11-6-. The minimum atomic E-state index is -0.684. The lowest BCUT2D eigenvalue weighted by molar-refractivity contribution is -0.143. The van der Waals surface area contributed by atoms with Crippen LogP contribution in [0.2, 0.25) is 0 Å². The van der Waals surface area contributed by atoms with Gasteiger partial charge in [-0.2, -0.15) is 5.10 Å². The monoisotopic (exact) mass is 755 g/mol. The van der Waals surface area contributed by atoms with Crippen molar-refractivity contribution < 1.29 is 28.7 Å². The van der Waals surface area contributed by atoms with E-state index >= 15 is 0 Å². The van der Waals surface area contributed by atoms with E-state index in [4.69, 9.17) is 9.47 Å². The fraction of sp³-hybridized carbons (Fsp3) is 0.293. The summed E-state index contributed by atoms with van der Waals surface area (Å²) in [4.78, 5) is 52.1. The van der Waals surface area contributed by atoms with Crippen molar-refractivity contribution in [2.24, 2.45) is 0 Å². The second kappa shape index (κ2) is 15.7. The topological polar surface area (TPSA) is 151 Å². The predicted octanol–water partition coefficient (Wildman–Crippen LogP) is 4.65. The van der Waals surface area contributed by atoms with Gasteiger partial charge in [-0.05, 0) is 48.1 Å². The minimum Gasteiger partial charge on any atom is -0.465 e. The molecule has 3 amide bonds. The summed E-state index contributed by atoms with van der Waals surface area (Å²) in [5.41, 5.74) is 6.33. The smallest absolute Gasteiger partial charge is 0.309 e. The van der Waals surface area contributed by atoms with Crippen LogP contribution in [0, 0.1) is 18.8 Å². The highest BCUT2D eigenvalue weighted by Crippen LogP contribution is 2.37. The van der Waals surface area contributed by atoms with Gasteiger partial charge in [0.05, 0.1) is 36.3 Å². The van der Waals surface area contributed by atoms with E-state index in [1.807, 2.05) is 37.4 Å². The predicted molar refractivity (Wildman–Crippen MR) is 202 cm³/mol. The maximum atomic E-state index is 13.1. The number of nitrogens with zero attached hydrogens (tertiary/aromatic N) is 6. The molecule has 6 heterocycles. The Hall–Kier alpha value is -6.17. The molecule has 14 heteroatoms. The van der Waals surface area contributed by atoms with Crippen molar-refractivity contribution in [2.75, 3.05) is 6.61 Å². The lowest BCUT2D eigenvalue weighted by Gasteiger charge is -2.29. The number of piperidine rings is 1. The summed E-state index contributed by atoms with van der Waals surface area (Å²) < 4.78 is 15.4. The zero-order valence-corrected chi connectivity index (χ0v) is 30.9. The van der Waals surface area contributed by atoms with Gasteiger partial charge in [0.2, 0.25) is 11.8 Å². The zero-order chi connectivity index (χ0) is 37.9. The average Bonchev–Trinajstić information content (AvgIpc) is 3.93. The minimum absolute atomic E-state index is 0.0682. The molecular weight excluding hydrogens is 719 g/mol. The van der Waals surface area contributed by atoms with Crippen LogP contribution in [0.1, 0.15) is 85.9 Å². The molecule has 3 aliphatic rings. The first-order valence-corrected chi connectivity index (χ1v) is 18.9. The van der Waals surface area contributed by atoms with Crippen molar-refractivity contribution in [1.82, 2.24) is 34.8 Å². The van der Waals surface area contributed by atoms with E-state index in [0.717, 1.165) is 55.8 Å². The third-order valence-corrected chi connectivity index (χ3v) is 11.0. The number of carbonyl (C=O) groups is 4. The number of hydrogen-bond donors (Lipinski definition) is 1. The summed E-state index contributed by atoms with van der Waals surface area (Å²) in [7, 11) is 0. The van der Waals surface area contributed by atoms with Crippen LogP contribution in [0.4, 0.5) is 0 Å². The highest BCUT2D eigenvalue weighted by atomic mass is 32.1. The van der Waals surface area contributed by atoms with Crippen molar-refractivity contribution in [2.45, 2.75) is 71.4 Å². The van der Waals surface area contributed by atoms with Gasteiger partial charge in [-0.15, -0.1) is 21.5 Å². The molecule has 0 radical (unpaired) electrons. The summed E-state index contributed by atoms with van der Waals surface area (Å²) in [6.07, 6.45) is 9.01. The van der Waals surface area contributed by atoms with Crippen LogP contribution in [0.15, 0.2) is 67.0 Å². The maximum absolute atomic E-state index is 13.1. The number of aromatic nitrogens is 5. The van der Waals surface area contributed by atoms with E-state index in [2.05, 4.69) is 49.2 Å². The molecule has 1 fully saturated rings. The Morgan fingerprint density at radius 2 is 1.95 bits per heavy atom. The van der Waals surface area contributed by atoms with E-state index in [9.17, 15) is 19.2 Å². The van der Waals surface area contributed by atoms with Gasteiger partial charge in [-0.25, -0.2) is 0 Å². The molecule has 3 aliphatic heterocycles. The van der Waals surface area contributed by atoms with Gasteiger partial charge in [-0.3, -0.25) is 33.7 Å². The Kier molecular flexibility index (Phi) is 10.2. The summed E-state index contributed by atoms with van der Waals surface area (Å²) in [5.74, 6) is 6.93. The van der Waals surface area contributed by atoms with Crippen molar-refractivity contribution in [3.05, 3.63) is 122 Å². The molecule has 1 saturated heterocycles. The molecule has 1 unspecified atom stereocenters. The molecule has 5 aromatic rings. The Morgan fingerprint density at radius 1 is 1.07 bits per heavy atom. The van der Waals surface area contributed by atoms with Gasteiger partial charge in [-0.1, -0.05) is 66.5 Å². The van der Waals surface area contributed by atoms with E-state index < -0.39 is 11.9 Å². The normalized spacial score (nSPS) is 16.3. The molecule has 0 aliphatic carbocycles. The highest BCUT2D eigenvalue weighted by molar-refractivity contribution is 7.15. The van der Waals surface area contributed by atoms with Crippen LogP contribution in [-0.4, -0.2) is 65.8 Å². The number of aryl methyl sites for hydroxylation is 2. The van der Waals surface area contributed by atoms with Crippen LogP contribution in [-0.2, 0) is 56.6 Å². The van der Waals surface area contributed by atoms with E-state index in [-0.39, 0.29) is 43.8 Å². The van der Waals surface area contributed by atoms with E-state index in [1.54, 1.807) is 46.5 Å². The Labute approximate surface area is 321 Å². The molecule has 8 rings (SSSR count). The molecule has 55 heavy (non-hydrogen) atoms. The molecule has 0 spiro atoms. The summed E-state index contributed by atoms with van der Waals surface area (Å²) in [6.45, 7) is 3.87. The van der Waals surface area contributed by atoms with E-state index in [1.165, 1.54) is 10.5 Å². The molecule has 13 nitrogen and oxygen atoms in total. The number of nitrogens with one attached hydrogen (secondary N) is 1. The summed E-state index contributed by atoms with van der Waals surface area (Å²) in [6, 6.07) is 15.0. The molecule has 1 atom stereocenters. The van der Waals surface area contributed by atoms with Gasteiger partial charge in [0.15, 0.2) is 5.82 Å². The molecular formula is C41H37N7O6S. The van der Waals surface area contributed by atoms with Crippen LogP contribution in [0.3, 0.4) is 0 Å². The Balaban J connectivity index is 0.855. The van der Waals surface area contributed by atoms with Crippen molar-refractivity contribution in [3.8, 4) is 16.8 Å². The Bertz CT molecular complexity index is 2400. The first-order chi connectivity index (χ1) is 26.8. The van der Waals surface area contributed by atoms with Crippen LogP contribution in [0.25, 0.3) is 11.1 Å². The maximum Gasteiger partial charge on any atom is 0.309 e. The third-order valence-electron chi connectivity index (χ3n) is 9.84. The number of thiophene rings is 1. The van der Waals surface area contributed by atoms with Gasteiger partial charge in [0.1, 0.15) is 23.5 Å². The molecule has 3 aromatic heterocycles. The number of imide groups is 1. The summed E-state index contributed by atoms with van der Waals surface area (Å²) >= 11 is 1.63. The van der Waals surface area contributed by atoms with Crippen LogP contribution >= 0.6 is 11.3 Å². The van der Waals surface area contributed by atoms with Gasteiger partial charge in [0, 0.05) is 43.3 Å². The number of hydrogen-bond acceptors (Lipinski definition) is 10. The third kappa shape index (κ3) is 7.62. The largest absolute Gasteiger partial charge is 0.465 e. The first kappa shape index (κ1) is 35.8. The quantitative estimate of drug-likeness (QED) is 0.0930. The van der Waals surface area contributed by atoms with Crippen molar-refractivity contribution in [3.63, 3.8) is 0 Å². The lowest BCUT2D eigenvalue weighted by atomic mass is 10.0. The SMILES string of the molecule is Cc1nnc2n1-c1sc(C#Cc3cnn(CCCOC(=O)C/C=C\c4cccc5c4CN(C4CCC(=O)NC4=O)C5=O)c3)c(Cc3ccccc3)c1COC2. The fourth-order valence-corrected chi connectivity index (χ4v) is 8.36. The molecule has 0 bridgehead atoms. The number of ether oxygens (including phenoxy) is 2. The molecule has 1 N–H and O–H groups in total. The highest BCUT2D eigenvalue weighted by Gasteiger charge is 2.39. The lowest BCUT2D eigenvalue weighted by Crippen LogP contribution is -2.52. The van der Waals surface area contributed by atoms with Crippen LogP contribution < -0.4 is 5.32 Å². The van der Waals surface area contributed by atoms with Crippen LogP contribution in [0.5, 0.6) is 0 Å². The molecule has 278 valence electrons. The van der Waals surface area contributed by atoms with Crippen molar-refractivity contribution in [1.29, 1.82) is 0 Å². The van der Waals surface area contributed by atoms with Crippen molar-refractivity contribution >= 4 is 41.1 Å². The number of amides is 3. The van der Waals surface area contributed by atoms with Gasteiger partial charge < -0.3 is 14.4 Å². The fourth-order valence-electron chi connectivity index (χ4n) is 7.11. The summed E-state index contributed by atoms with van der Waals surface area (Å²) in [5, 5.41) is 16.4. The Morgan fingerprint density at radius 3 is 2.80 bits per heavy atom. The first-order valence-electron chi connectivity index (χ1n) is 18.1. The number of esters is 1. The number of rotatable bonds is 10.